The molecule has 0 radical (unpaired) electrons. The minimum Gasteiger partial charge on any atom is -0.370 e. The lowest BCUT2D eigenvalue weighted by molar-refractivity contribution is 0.798. The number of nitrogens with one attached hydrogen (secondary N) is 1. The van der Waals surface area contributed by atoms with E-state index in [1.165, 1.54) is 0 Å². The number of aliphatic imine (C=N–C) groups is 1. The number of hydrogen-bond donors (Lipinski definition) is 2. The summed E-state index contributed by atoms with van der Waals surface area (Å²) >= 11 is 1.75. The highest BCUT2D eigenvalue weighted by molar-refractivity contribution is 8.00. The number of nitrogens with two attached hydrogens (primary N) is 1. The summed E-state index contributed by atoms with van der Waals surface area (Å²) in [5.41, 5.74) is 7.91. The number of hydrogen-bond acceptors (Lipinski definition) is 3. The standard InChI is InChI=1S/C15H24N4S/c1-11(2)9-18-14(16)19-10-12-6-7-17-13(8-12)20-15(3,4)5/h6-8H,1,9-10H2,2-5H3,(H3,16,18,19). The van der Waals surface area contributed by atoms with Crippen molar-refractivity contribution in [1.29, 1.82) is 0 Å². The summed E-state index contributed by atoms with van der Waals surface area (Å²) in [6.07, 6.45) is 1.82. The van der Waals surface area contributed by atoms with Crippen LogP contribution in [0.3, 0.4) is 0 Å². The Morgan fingerprint density at radius 2 is 2.20 bits per heavy atom. The molecule has 0 unspecified atom stereocenters. The third-order valence-corrected chi connectivity index (χ3v) is 3.26. The molecule has 0 amide bonds. The topological polar surface area (TPSA) is 63.3 Å². The first-order valence-electron chi connectivity index (χ1n) is 6.58. The SMILES string of the molecule is C=C(C)CNC(N)=NCc1ccnc(SC(C)(C)C)c1. The van der Waals surface area contributed by atoms with Gasteiger partial charge in [0.25, 0.3) is 0 Å². The minimum absolute atomic E-state index is 0.150. The van der Waals surface area contributed by atoms with Gasteiger partial charge in [-0.15, -0.1) is 11.8 Å². The van der Waals surface area contributed by atoms with Crippen LogP contribution in [0.4, 0.5) is 0 Å². The molecule has 0 aromatic carbocycles. The Balaban J connectivity index is 2.62. The molecule has 0 aliphatic carbocycles. The van der Waals surface area contributed by atoms with Gasteiger partial charge in [0, 0.05) is 17.5 Å². The molecule has 20 heavy (non-hydrogen) atoms. The van der Waals surface area contributed by atoms with Crippen molar-refractivity contribution in [1.82, 2.24) is 10.3 Å². The molecule has 0 atom stereocenters. The van der Waals surface area contributed by atoms with Crippen LogP contribution < -0.4 is 11.1 Å². The molecule has 5 heteroatoms. The van der Waals surface area contributed by atoms with Crippen LogP contribution in [-0.4, -0.2) is 22.2 Å². The zero-order chi connectivity index (χ0) is 15.2. The van der Waals surface area contributed by atoms with Crippen LogP contribution in [0, 0.1) is 0 Å². The lowest BCUT2D eigenvalue weighted by Gasteiger charge is -2.16. The molecule has 0 aliphatic rings. The fourth-order valence-electron chi connectivity index (χ4n) is 1.39. The highest BCUT2D eigenvalue weighted by atomic mass is 32.2. The van der Waals surface area contributed by atoms with Gasteiger partial charge in [0.2, 0.25) is 0 Å². The van der Waals surface area contributed by atoms with Crippen LogP contribution in [0.2, 0.25) is 0 Å². The molecular formula is C15H24N4S. The third-order valence-electron chi connectivity index (χ3n) is 2.21. The van der Waals surface area contributed by atoms with Gasteiger partial charge in [-0.2, -0.15) is 0 Å². The molecule has 0 spiro atoms. The van der Waals surface area contributed by atoms with Gasteiger partial charge in [-0.05, 0) is 24.6 Å². The van der Waals surface area contributed by atoms with E-state index >= 15 is 0 Å². The Morgan fingerprint density at radius 1 is 1.50 bits per heavy atom. The highest BCUT2D eigenvalue weighted by Crippen LogP contribution is 2.30. The zero-order valence-electron chi connectivity index (χ0n) is 12.7. The maximum Gasteiger partial charge on any atom is 0.189 e. The monoisotopic (exact) mass is 292 g/mol. The molecule has 1 rings (SSSR count). The molecule has 0 saturated heterocycles. The molecular weight excluding hydrogens is 268 g/mol. The highest BCUT2D eigenvalue weighted by Gasteiger charge is 2.13. The van der Waals surface area contributed by atoms with Gasteiger partial charge >= 0.3 is 0 Å². The summed E-state index contributed by atoms with van der Waals surface area (Å²) in [6.45, 7) is 13.5. The van der Waals surface area contributed by atoms with Crippen LogP contribution in [0.5, 0.6) is 0 Å². The number of pyridine rings is 1. The van der Waals surface area contributed by atoms with Gasteiger partial charge in [-0.1, -0.05) is 32.9 Å². The Kier molecular flexibility index (Phi) is 6.07. The summed E-state index contributed by atoms with van der Waals surface area (Å²) in [7, 11) is 0. The molecule has 1 aromatic rings. The maximum absolute atomic E-state index is 5.79. The van der Waals surface area contributed by atoms with E-state index in [0.29, 0.717) is 19.0 Å². The fourth-order valence-corrected chi connectivity index (χ4v) is 2.34. The predicted molar refractivity (Wildman–Crippen MR) is 88.0 cm³/mol. The van der Waals surface area contributed by atoms with Gasteiger partial charge < -0.3 is 11.1 Å². The average Bonchev–Trinajstić information content (AvgIpc) is 2.32. The summed E-state index contributed by atoms with van der Waals surface area (Å²) < 4.78 is 0.150. The van der Waals surface area contributed by atoms with Crippen molar-refractivity contribution in [2.45, 2.75) is 44.0 Å². The van der Waals surface area contributed by atoms with Crippen LogP contribution in [0.1, 0.15) is 33.3 Å². The summed E-state index contributed by atoms with van der Waals surface area (Å²) in [4.78, 5) is 8.68. The lowest BCUT2D eigenvalue weighted by Crippen LogP contribution is -2.32. The second-order valence-electron chi connectivity index (χ2n) is 5.73. The normalized spacial score (nSPS) is 12.3. The molecule has 0 saturated carbocycles. The number of nitrogens with zero attached hydrogens (tertiary/aromatic N) is 2. The average molecular weight is 292 g/mol. The van der Waals surface area contributed by atoms with E-state index in [1.807, 2.05) is 19.2 Å². The molecule has 0 bridgehead atoms. The molecule has 1 heterocycles. The quantitative estimate of drug-likeness (QED) is 0.379. The number of guanidine groups is 1. The van der Waals surface area contributed by atoms with Gasteiger partial charge in [0.05, 0.1) is 11.6 Å². The zero-order valence-corrected chi connectivity index (χ0v) is 13.5. The van der Waals surface area contributed by atoms with Gasteiger partial charge in [-0.3, -0.25) is 0 Å². The van der Waals surface area contributed by atoms with Crippen LogP contribution >= 0.6 is 11.8 Å². The Bertz CT molecular complexity index is 489. The first kappa shape index (κ1) is 16.6. The minimum atomic E-state index is 0.150. The second-order valence-corrected chi connectivity index (χ2v) is 7.58. The third kappa shape index (κ3) is 7.19. The Labute approximate surface area is 126 Å². The van der Waals surface area contributed by atoms with Crippen LogP contribution in [0.25, 0.3) is 0 Å². The van der Waals surface area contributed by atoms with E-state index in [2.05, 4.69) is 48.7 Å². The van der Waals surface area contributed by atoms with Crippen LogP contribution in [-0.2, 0) is 6.54 Å². The van der Waals surface area contributed by atoms with Crippen molar-refractivity contribution in [3.63, 3.8) is 0 Å². The molecule has 1 aromatic heterocycles. The van der Waals surface area contributed by atoms with Crippen molar-refractivity contribution in [2.75, 3.05) is 6.54 Å². The first-order chi connectivity index (χ1) is 9.26. The molecule has 0 aliphatic heterocycles. The van der Waals surface area contributed by atoms with Crippen molar-refractivity contribution in [3.05, 3.63) is 36.0 Å². The fraction of sp³-hybridized carbons (Fsp3) is 0.467. The first-order valence-corrected chi connectivity index (χ1v) is 7.40. The smallest absolute Gasteiger partial charge is 0.189 e. The predicted octanol–water partition coefficient (Wildman–Crippen LogP) is 2.95. The van der Waals surface area contributed by atoms with E-state index in [9.17, 15) is 0 Å². The Hall–Kier alpha value is -1.49. The van der Waals surface area contributed by atoms with E-state index < -0.39 is 0 Å². The van der Waals surface area contributed by atoms with Crippen molar-refractivity contribution in [2.24, 2.45) is 10.7 Å². The summed E-state index contributed by atoms with van der Waals surface area (Å²) in [6, 6.07) is 4.02. The molecule has 3 N–H and O–H groups in total. The number of thioether (sulfide) groups is 1. The van der Waals surface area contributed by atoms with E-state index in [0.717, 1.165) is 16.2 Å². The van der Waals surface area contributed by atoms with Gasteiger partial charge in [0.15, 0.2) is 5.96 Å². The van der Waals surface area contributed by atoms with E-state index in [4.69, 9.17) is 5.73 Å². The second kappa shape index (κ2) is 7.33. The maximum atomic E-state index is 5.79. The number of rotatable bonds is 5. The largest absolute Gasteiger partial charge is 0.370 e. The molecule has 0 fully saturated rings. The molecule has 4 nitrogen and oxygen atoms in total. The Morgan fingerprint density at radius 3 is 2.80 bits per heavy atom. The molecule has 110 valence electrons. The lowest BCUT2D eigenvalue weighted by atomic mass is 10.3. The van der Waals surface area contributed by atoms with E-state index in [1.54, 1.807) is 11.8 Å². The van der Waals surface area contributed by atoms with Gasteiger partial charge in [0.1, 0.15) is 0 Å². The van der Waals surface area contributed by atoms with Gasteiger partial charge in [-0.25, -0.2) is 9.98 Å². The van der Waals surface area contributed by atoms with Crippen molar-refractivity contribution >= 4 is 17.7 Å². The van der Waals surface area contributed by atoms with Crippen molar-refractivity contribution < 1.29 is 0 Å². The van der Waals surface area contributed by atoms with Crippen molar-refractivity contribution in [3.8, 4) is 0 Å². The van der Waals surface area contributed by atoms with Crippen LogP contribution in [0.15, 0.2) is 40.5 Å². The summed E-state index contributed by atoms with van der Waals surface area (Å²) in [5.74, 6) is 0.440. The number of aromatic nitrogens is 1. The van der Waals surface area contributed by atoms with E-state index in [-0.39, 0.29) is 4.75 Å². The summed E-state index contributed by atoms with van der Waals surface area (Å²) in [5, 5.41) is 4.03.